The van der Waals surface area contributed by atoms with Crippen molar-refractivity contribution in [1.29, 1.82) is 0 Å². The highest BCUT2D eigenvalue weighted by Gasteiger charge is 2.42. The van der Waals surface area contributed by atoms with E-state index >= 15 is 0 Å². The number of nitrogens with two attached hydrogens (primary N) is 1. The molecule has 0 aliphatic heterocycles. The lowest BCUT2D eigenvalue weighted by atomic mass is 9.77. The number of halogens is 3. The molecule has 1 aromatic rings. The number of thiophene rings is 1. The van der Waals surface area contributed by atoms with Crippen molar-refractivity contribution < 1.29 is 13.2 Å². The third kappa shape index (κ3) is 3.94. The summed E-state index contributed by atoms with van der Waals surface area (Å²) in [6, 6.07) is 4.10. The summed E-state index contributed by atoms with van der Waals surface area (Å²) >= 11 is 1.66. The van der Waals surface area contributed by atoms with Gasteiger partial charge in [0, 0.05) is 10.9 Å². The van der Waals surface area contributed by atoms with Crippen LogP contribution in [0.15, 0.2) is 17.5 Å². The van der Waals surface area contributed by atoms with E-state index in [1.165, 1.54) is 4.88 Å². The van der Waals surface area contributed by atoms with E-state index in [1.807, 2.05) is 17.5 Å². The Hall–Kier alpha value is -0.590. The minimum absolute atomic E-state index is 0.0767. The van der Waals surface area contributed by atoms with E-state index in [9.17, 15) is 13.2 Å². The highest BCUT2D eigenvalue weighted by atomic mass is 32.1. The highest BCUT2D eigenvalue weighted by molar-refractivity contribution is 7.09. The molecule has 1 aliphatic rings. The molecule has 6 heteroatoms. The number of hydrogen-bond acceptors (Lipinski definition) is 3. The zero-order valence-corrected chi connectivity index (χ0v) is 11.4. The molecule has 3 N–H and O–H groups in total. The molecule has 1 saturated carbocycles. The maximum absolute atomic E-state index is 12.6. The summed E-state index contributed by atoms with van der Waals surface area (Å²) in [5.41, 5.74) is 2.79. The summed E-state index contributed by atoms with van der Waals surface area (Å²) in [7, 11) is 0. The summed E-state index contributed by atoms with van der Waals surface area (Å²) in [4.78, 5) is 1.22. The Morgan fingerprint density at radius 3 is 2.47 bits per heavy atom. The number of alkyl halides is 3. The average molecular weight is 292 g/mol. The lowest BCUT2D eigenvalue weighted by Gasteiger charge is -2.34. The molecule has 1 aromatic heterocycles. The molecule has 0 amide bonds. The van der Waals surface area contributed by atoms with Crippen LogP contribution in [0.3, 0.4) is 0 Å². The zero-order valence-electron chi connectivity index (χ0n) is 10.6. The van der Waals surface area contributed by atoms with E-state index in [0.29, 0.717) is 12.8 Å². The predicted octanol–water partition coefficient (Wildman–Crippen LogP) is 3.49. The lowest BCUT2D eigenvalue weighted by Crippen LogP contribution is -2.44. The molecule has 108 valence electrons. The van der Waals surface area contributed by atoms with Crippen molar-refractivity contribution in [2.75, 3.05) is 0 Å². The Kier molecular flexibility index (Phi) is 4.86. The van der Waals surface area contributed by atoms with Gasteiger partial charge in [-0.05, 0) is 49.5 Å². The summed E-state index contributed by atoms with van der Waals surface area (Å²) in [6.45, 7) is 0. The van der Waals surface area contributed by atoms with Crippen LogP contribution in [0.1, 0.15) is 30.6 Å². The van der Waals surface area contributed by atoms with Gasteiger partial charge in [0.15, 0.2) is 0 Å². The molecule has 1 atom stereocenters. The first kappa shape index (κ1) is 14.8. The number of hydrogen-bond donors (Lipinski definition) is 2. The van der Waals surface area contributed by atoms with Crippen LogP contribution < -0.4 is 11.3 Å². The fourth-order valence-electron chi connectivity index (χ4n) is 2.86. The van der Waals surface area contributed by atoms with Crippen molar-refractivity contribution in [3.05, 3.63) is 22.4 Å². The van der Waals surface area contributed by atoms with Gasteiger partial charge in [0.1, 0.15) is 0 Å². The molecule has 0 bridgehead atoms. The molecular formula is C13H19F3N2S. The van der Waals surface area contributed by atoms with E-state index < -0.39 is 12.1 Å². The van der Waals surface area contributed by atoms with Gasteiger partial charge in [0.05, 0.1) is 5.92 Å². The first-order valence-corrected chi connectivity index (χ1v) is 7.44. The third-order valence-electron chi connectivity index (χ3n) is 4.02. The lowest BCUT2D eigenvalue weighted by molar-refractivity contribution is -0.184. The largest absolute Gasteiger partial charge is 0.391 e. The van der Waals surface area contributed by atoms with E-state index in [1.54, 1.807) is 11.3 Å². The molecule has 1 heterocycles. The fourth-order valence-corrected chi connectivity index (χ4v) is 3.62. The monoisotopic (exact) mass is 292 g/mol. The highest BCUT2D eigenvalue weighted by Crippen LogP contribution is 2.40. The second kappa shape index (κ2) is 6.24. The van der Waals surface area contributed by atoms with Gasteiger partial charge in [-0.15, -0.1) is 11.3 Å². The first-order chi connectivity index (χ1) is 9.00. The second-order valence-corrected chi connectivity index (χ2v) is 6.24. The smallest absolute Gasteiger partial charge is 0.271 e. The molecule has 0 spiro atoms. The van der Waals surface area contributed by atoms with Crippen molar-refractivity contribution in [2.45, 2.75) is 44.3 Å². The van der Waals surface area contributed by atoms with E-state index in [0.717, 1.165) is 6.42 Å². The summed E-state index contributed by atoms with van der Waals surface area (Å²) < 4.78 is 37.9. The Labute approximate surface area is 115 Å². The van der Waals surface area contributed by atoms with Crippen LogP contribution in [0, 0.1) is 11.8 Å². The Morgan fingerprint density at radius 1 is 1.32 bits per heavy atom. The second-order valence-electron chi connectivity index (χ2n) is 5.21. The predicted molar refractivity (Wildman–Crippen MR) is 70.6 cm³/mol. The molecule has 19 heavy (non-hydrogen) atoms. The van der Waals surface area contributed by atoms with Gasteiger partial charge in [-0.1, -0.05) is 6.07 Å². The SMILES string of the molecule is NNC(Cc1cccs1)C1CCC(C(F)(F)F)CC1. The first-order valence-electron chi connectivity index (χ1n) is 6.56. The van der Waals surface area contributed by atoms with Crippen LogP contribution in [0.25, 0.3) is 0 Å². The van der Waals surface area contributed by atoms with Crippen molar-refractivity contribution in [3.63, 3.8) is 0 Å². The summed E-state index contributed by atoms with van der Waals surface area (Å²) in [6.07, 6.45) is -1.57. The van der Waals surface area contributed by atoms with Gasteiger partial charge in [-0.25, -0.2) is 0 Å². The maximum atomic E-state index is 12.6. The Balaban J connectivity index is 1.88. The molecular weight excluding hydrogens is 273 g/mol. The van der Waals surface area contributed by atoms with E-state index in [-0.39, 0.29) is 24.8 Å². The summed E-state index contributed by atoms with van der Waals surface area (Å²) in [5.74, 6) is 4.69. The molecule has 0 radical (unpaired) electrons. The van der Waals surface area contributed by atoms with E-state index in [4.69, 9.17) is 5.84 Å². The van der Waals surface area contributed by atoms with Crippen LogP contribution in [0.2, 0.25) is 0 Å². The number of nitrogens with one attached hydrogen (secondary N) is 1. The number of rotatable bonds is 4. The quantitative estimate of drug-likeness (QED) is 0.658. The maximum Gasteiger partial charge on any atom is 0.391 e. The normalized spacial score (nSPS) is 26.3. The van der Waals surface area contributed by atoms with Crippen LogP contribution in [0.4, 0.5) is 13.2 Å². The molecule has 1 fully saturated rings. The van der Waals surface area contributed by atoms with Crippen molar-refractivity contribution in [3.8, 4) is 0 Å². The van der Waals surface area contributed by atoms with Crippen LogP contribution in [0.5, 0.6) is 0 Å². The minimum atomic E-state index is -4.04. The molecule has 2 rings (SSSR count). The van der Waals surface area contributed by atoms with Crippen molar-refractivity contribution in [2.24, 2.45) is 17.7 Å². The average Bonchev–Trinajstić information content (AvgIpc) is 2.88. The van der Waals surface area contributed by atoms with Crippen LogP contribution in [-0.2, 0) is 6.42 Å². The molecule has 0 saturated heterocycles. The van der Waals surface area contributed by atoms with Gasteiger partial charge >= 0.3 is 6.18 Å². The third-order valence-corrected chi connectivity index (χ3v) is 4.92. The molecule has 0 aromatic carbocycles. The molecule has 1 aliphatic carbocycles. The number of hydrazine groups is 1. The van der Waals surface area contributed by atoms with Gasteiger partial charge in [0.25, 0.3) is 0 Å². The molecule has 2 nitrogen and oxygen atoms in total. The molecule has 1 unspecified atom stereocenters. The Bertz CT molecular complexity index is 370. The topological polar surface area (TPSA) is 38.0 Å². The fraction of sp³-hybridized carbons (Fsp3) is 0.692. The van der Waals surface area contributed by atoms with Gasteiger partial charge in [-0.3, -0.25) is 11.3 Å². The van der Waals surface area contributed by atoms with Crippen LogP contribution >= 0.6 is 11.3 Å². The Morgan fingerprint density at radius 2 is 2.00 bits per heavy atom. The van der Waals surface area contributed by atoms with Crippen molar-refractivity contribution >= 4 is 11.3 Å². The van der Waals surface area contributed by atoms with E-state index in [2.05, 4.69) is 5.43 Å². The van der Waals surface area contributed by atoms with Crippen LogP contribution in [-0.4, -0.2) is 12.2 Å². The van der Waals surface area contributed by atoms with Gasteiger partial charge < -0.3 is 0 Å². The zero-order chi connectivity index (χ0) is 13.9. The standard InChI is InChI=1S/C13H19F3N2S/c14-13(15,16)10-5-3-9(4-6-10)12(18-17)8-11-2-1-7-19-11/h1-2,7,9-10,12,18H,3-6,8,17H2. The summed E-state index contributed by atoms with van der Waals surface area (Å²) in [5, 5.41) is 2.00. The minimum Gasteiger partial charge on any atom is -0.271 e. The van der Waals surface area contributed by atoms with Gasteiger partial charge in [-0.2, -0.15) is 13.2 Å². The van der Waals surface area contributed by atoms with Crippen molar-refractivity contribution in [1.82, 2.24) is 5.43 Å². The van der Waals surface area contributed by atoms with Gasteiger partial charge in [0.2, 0.25) is 0 Å².